The van der Waals surface area contributed by atoms with Gasteiger partial charge in [0.2, 0.25) is 5.91 Å². The standard InChI is InChI=1S/C12H21NO5/c14-10(6-3-4-8-12(17)18)13-9-5-1-2-7-11(15)16/h1-9H2,(H,13,14)(H,15,16)(H,17,18). The largest absolute Gasteiger partial charge is 0.481 e. The lowest BCUT2D eigenvalue weighted by molar-refractivity contribution is -0.138. The average Bonchev–Trinajstić information content (AvgIpc) is 2.28. The van der Waals surface area contributed by atoms with Gasteiger partial charge in [0.1, 0.15) is 0 Å². The molecule has 0 saturated heterocycles. The van der Waals surface area contributed by atoms with Crippen LogP contribution in [0.3, 0.4) is 0 Å². The lowest BCUT2D eigenvalue weighted by Crippen LogP contribution is -2.24. The topological polar surface area (TPSA) is 104 Å². The van der Waals surface area contributed by atoms with Gasteiger partial charge in [0.15, 0.2) is 0 Å². The second-order valence-corrected chi connectivity index (χ2v) is 4.16. The van der Waals surface area contributed by atoms with Crippen LogP contribution in [0.15, 0.2) is 0 Å². The number of aliphatic carboxylic acids is 2. The smallest absolute Gasteiger partial charge is 0.303 e. The summed E-state index contributed by atoms with van der Waals surface area (Å²) in [5.41, 5.74) is 0. The molecule has 0 spiro atoms. The summed E-state index contributed by atoms with van der Waals surface area (Å²) < 4.78 is 0. The van der Waals surface area contributed by atoms with Gasteiger partial charge in [-0.15, -0.1) is 0 Å². The van der Waals surface area contributed by atoms with Gasteiger partial charge >= 0.3 is 11.9 Å². The highest BCUT2D eigenvalue weighted by molar-refractivity contribution is 5.75. The summed E-state index contributed by atoms with van der Waals surface area (Å²) in [6, 6.07) is 0. The number of amides is 1. The molecule has 0 saturated carbocycles. The van der Waals surface area contributed by atoms with Gasteiger partial charge in [-0.05, 0) is 25.7 Å². The number of carbonyl (C=O) groups is 3. The fourth-order valence-electron chi connectivity index (χ4n) is 1.46. The van der Waals surface area contributed by atoms with Gasteiger partial charge in [0.25, 0.3) is 0 Å². The van der Waals surface area contributed by atoms with Crippen molar-refractivity contribution in [2.75, 3.05) is 6.54 Å². The van der Waals surface area contributed by atoms with Crippen molar-refractivity contribution in [2.45, 2.75) is 51.4 Å². The monoisotopic (exact) mass is 259 g/mol. The Morgan fingerprint density at radius 1 is 0.722 bits per heavy atom. The van der Waals surface area contributed by atoms with Gasteiger partial charge in [-0.2, -0.15) is 0 Å². The molecular formula is C12H21NO5. The van der Waals surface area contributed by atoms with Gasteiger partial charge in [-0.25, -0.2) is 0 Å². The number of carboxylic acids is 2. The number of carboxylic acid groups (broad SMARTS) is 2. The minimum Gasteiger partial charge on any atom is -0.481 e. The van der Waals surface area contributed by atoms with Crippen molar-refractivity contribution in [1.82, 2.24) is 5.32 Å². The summed E-state index contributed by atoms with van der Waals surface area (Å²) in [5, 5.41) is 19.5. The SMILES string of the molecule is O=C(O)CCCCCNC(=O)CCCCC(=O)O. The van der Waals surface area contributed by atoms with Crippen LogP contribution in [0.25, 0.3) is 0 Å². The predicted octanol–water partition coefficient (Wildman–Crippen LogP) is 1.39. The molecule has 0 aliphatic rings. The Labute approximate surface area is 106 Å². The van der Waals surface area contributed by atoms with Crippen LogP contribution < -0.4 is 5.32 Å². The van der Waals surface area contributed by atoms with E-state index >= 15 is 0 Å². The average molecular weight is 259 g/mol. The van der Waals surface area contributed by atoms with E-state index in [1.165, 1.54) is 0 Å². The molecule has 6 heteroatoms. The molecule has 0 unspecified atom stereocenters. The summed E-state index contributed by atoms with van der Waals surface area (Å²) in [6.07, 6.45) is 3.90. The number of unbranched alkanes of at least 4 members (excludes halogenated alkanes) is 3. The summed E-state index contributed by atoms with van der Waals surface area (Å²) in [5.74, 6) is -1.70. The molecule has 0 aliphatic heterocycles. The van der Waals surface area contributed by atoms with E-state index in [1.54, 1.807) is 0 Å². The van der Waals surface area contributed by atoms with Crippen molar-refractivity contribution >= 4 is 17.8 Å². The third-order valence-electron chi connectivity index (χ3n) is 2.43. The summed E-state index contributed by atoms with van der Waals surface area (Å²) in [7, 11) is 0. The molecule has 6 nitrogen and oxygen atoms in total. The van der Waals surface area contributed by atoms with Crippen LogP contribution in [0.1, 0.15) is 51.4 Å². The molecule has 18 heavy (non-hydrogen) atoms. The quantitative estimate of drug-likeness (QED) is 0.486. The van der Waals surface area contributed by atoms with E-state index in [0.29, 0.717) is 32.2 Å². The van der Waals surface area contributed by atoms with Crippen molar-refractivity contribution in [1.29, 1.82) is 0 Å². The van der Waals surface area contributed by atoms with Gasteiger partial charge in [-0.1, -0.05) is 6.42 Å². The molecule has 3 N–H and O–H groups in total. The third kappa shape index (κ3) is 12.5. The van der Waals surface area contributed by atoms with Gasteiger partial charge in [-0.3, -0.25) is 14.4 Å². The Morgan fingerprint density at radius 2 is 1.22 bits per heavy atom. The first-order valence-corrected chi connectivity index (χ1v) is 6.22. The van der Waals surface area contributed by atoms with Crippen LogP contribution >= 0.6 is 0 Å². The molecule has 1 amide bonds. The van der Waals surface area contributed by atoms with Crippen LogP contribution in [-0.4, -0.2) is 34.6 Å². The van der Waals surface area contributed by atoms with E-state index in [4.69, 9.17) is 10.2 Å². The fraction of sp³-hybridized carbons (Fsp3) is 0.750. The Balaban J connectivity index is 3.26. The second kappa shape index (κ2) is 10.6. The zero-order valence-corrected chi connectivity index (χ0v) is 10.5. The minimum absolute atomic E-state index is 0.0707. The second-order valence-electron chi connectivity index (χ2n) is 4.16. The maximum atomic E-state index is 11.3. The van der Waals surface area contributed by atoms with E-state index in [1.807, 2.05) is 0 Å². The van der Waals surface area contributed by atoms with E-state index in [-0.39, 0.29) is 18.7 Å². The number of rotatable bonds is 11. The van der Waals surface area contributed by atoms with Crippen LogP contribution in [0.2, 0.25) is 0 Å². The third-order valence-corrected chi connectivity index (χ3v) is 2.43. The maximum Gasteiger partial charge on any atom is 0.303 e. The first-order chi connectivity index (χ1) is 8.52. The van der Waals surface area contributed by atoms with Crippen molar-refractivity contribution in [3.63, 3.8) is 0 Å². The first-order valence-electron chi connectivity index (χ1n) is 6.22. The summed E-state index contributed by atoms with van der Waals surface area (Å²) in [4.78, 5) is 31.7. The van der Waals surface area contributed by atoms with Crippen molar-refractivity contribution in [3.8, 4) is 0 Å². The lowest BCUT2D eigenvalue weighted by Gasteiger charge is -2.04. The molecule has 104 valence electrons. The van der Waals surface area contributed by atoms with Gasteiger partial charge < -0.3 is 15.5 Å². The Kier molecular flexibility index (Phi) is 9.62. The van der Waals surface area contributed by atoms with E-state index in [2.05, 4.69) is 5.32 Å². The Morgan fingerprint density at radius 3 is 1.78 bits per heavy atom. The van der Waals surface area contributed by atoms with Crippen LogP contribution in [0.4, 0.5) is 0 Å². The van der Waals surface area contributed by atoms with Crippen molar-refractivity contribution in [3.05, 3.63) is 0 Å². The molecule has 0 heterocycles. The van der Waals surface area contributed by atoms with E-state index in [0.717, 1.165) is 12.8 Å². The number of hydrogen-bond acceptors (Lipinski definition) is 3. The summed E-state index contributed by atoms with van der Waals surface area (Å²) in [6.45, 7) is 0.553. The Bertz CT molecular complexity index is 278. The Hall–Kier alpha value is -1.59. The molecule has 0 bridgehead atoms. The summed E-state index contributed by atoms with van der Waals surface area (Å²) >= 11 is 0. The van der Waals surface area contributed by atoms with Gasteiger partial charge in [0.05, 0.1) is 0 Å². The van der Waals surface area contributed by atoms with Crippen LogP contribution in [-0.2, 0) is 14.4 Å². The number of nitrogens with one attached hydrogen (secondary N) is 1. The molecule has 0 aliphatic carbocycles. The molecule has 0 radical (unpaired) electrons. The fourth-order valence-corrected chi connectivity index (χ4v) is 1.46. The van der Waals surface area contributed by atoms with Crippen molar-refractivity contribution < 1.29 is 24.6 Å². The molecular weight excluding hydrogens is 238 g/mol. The zero-order valence-electron chi connectivity index (χ0n) is 10.5. The molecule has 0 atom stereocenters. The van der Waals surface area contributed by atoms with Gasteiger partial charge in [0, 0.05) is 25.8 Å². The van der Waals surface area contributed by atoms with Crippen LogP contribution in [0.5, 0.6) is 0 Å². The normalized spacial score (nSPS) is 10.0. The number of hydrogen-bond donors (Lipinski definition) is 3. The molecule has 0 aromatic rings. The molecule has 0 aromatic carbocycles. The molecule has 0 rings (SSSR count). The maximum absolute atomic E-state index is 11.3. The predicted molar refractivity (Wildman–Crippen MR) is 65.2 cm³/mol. The highest BCUT2D eigenvalue weighted by Gasteiger charge is 2.02. The van der Waals surface area contributed by atoms with Crippen LogP contribution in [0, 0.1) is 0 Å². The van der Waals surface area contributed by atoms with E-state index in [9.17, 15) is 14.4 Å². The molecule has 0 aromatic heterocycles. The van der Waals surface area contributed by atoms with E-state index < -0.39 is 11.9 Å². The highest BCUT2D eigenvalue weighted by atomic mass is 16.4. The molecule has 0 fully saturated rings. The number of carbonyl (C=O) groups excluding carboxylic acids is 1. The minimum atomic E-state index is -0.839. The zero-order chi connectivity index (χ0) is 13.8. The van der Waals surface area contributed by atoms with Crippen molar-refractivity contribution in [2.24, 2.45) is 0 Å². The first kappa shape index (κ1) is 16.4. The lowest BCUT2D eigenvalue weighted by atomic mass is 10.1. The highest BCUT2D eigenvalue weighted by Crippen LogP contribution is 2.01.